The Balaban J connectivity index is 1.81. The van der Waals surface area contributed by atoms with Gasteiger partial charge in [-0.25, -0.2) is 9.59 Å². The van der Waals surface area contributed by atoms with E-state index < -0.39 is 12.0 Å². The van der Waals surface area contributed by atoms with E-state index in [2.05, 4.69) is 21.2 Å². The number of halogens is 1. The number of nitrogens with zero attached hydrogens (tertiary/aromatic N) is 1. The number of rotatable bonds is 7. The van der Waals surface area contributed by atoms with Crippen molar-refractivity contribution in [2.45, 2.75) is 13.0 Å². The molecule has 0 spiro atoms. The highest BCUT2D eigenvalue weighted by Gasteiger charge is 2.35. The van der Waals surface area contributed by atoms with Gasteiger partial charge in [0.25, 0.3) is 0 Å². The van der Waals surface area contributed by atoms with Crippen molar-refractivity contribution in [2.75, 3.05) is 27.4 Å². The van der Waals surface area contributed by atoms with E-state index in [0.717, 1.165) is 0 Å². The average Bonchev–Trinajstić information content (AvgIpc) is 2.77. The van der Waals surface area contributed by atoms with E-state index in [0.29, 0.717) is 21.5 Å². The fourth-order valence-corrected chi connectivity index (χ4v) is 3.61. The summed E-state index contributed by atoms with van der Waals surface area (Å²) in [4.78, 5) is 26.7. The third-order valence-corrected chi connectivity index (χ3v) is 5.51. The number of nitrogens with one attached hydrogen (secondary N) is 1. The number of hydrogen-bond acceptors (Lipinski definition) is 6. The zero-order valence-electron chi connectivity index (χ0n) is 17.3. The molecule has 2 amide bonds. The zero-order valence-corrected chi connectivity index (χ0v) is 18.9. The molecule has 0 aromatic heterocycles. The van der Waals surface area contributed by atoms with Crippen LogP contribution in [0, 0.1) is 0 Å². The second kappa shape index (κ2) is 9.74. The maximum absolute atomic E-state index is 13.0. The third-order valence-electron chi connectivity index (χ3n) is 4.91. The first-order valence-corrected chi connectivity index (χ1v) is 10.3. The first-order valence-electron chi connectivity index (χ1n) is 9.49. The number of allylic oxidation sites excluding steroid dienone is 1. The van der Waals surface area contributed by atoms with Gasteiger partial charge in [0.15, 0.2) is 11.5 Å². The maximum Gasteiger partial charge on any atom is 0.338 e. The molecule has 1 aliphatic rings. The molecule has 1 atom stereocenters. The van der Waals surface area contributed by atoms with Gasteiger partial charge < -0.3 is 29.5 Å². The van der Waals surface area contributed by atoms with Crippen molar-refractivity contribution in [2.24, 2.45) is 0 Å². The zero-order chi connectivity index (χ0) is 22.5. The SMILES string of the molecule is COc1cc([C@@H]2NC(=O)N(C)C(C)=C2C(=O)OCCOc2ccccc2)cc(Br)c1O. The number of urea groups is 1. The van der Waals surface area contributed by atoms with Crippen LogP contribution >= 0.6 is 15.9 Å². The molecule has 0 saturated carbocycles. The number of phenols is 1. The molecule has 31 heavy (non-hydrogen) atoms. The Bertz CT molecular complexity index is 1010. The molecule has 1 heterocycles. The van der Waals surface area contributed by atoms with E-state index in [-0.39, 0.29) is 36.3 Å². The Morgan fingerprint density at radius 1 is 1.23 bits per heavy atom. The highest BCUT2D eigenvalue weighted by molar-refractivity contribution is 9.10. The van der Waals surface area contributed by atoms with Gasteiger partial charge >= 0.3 is 12.0 Å². The Kier molecular flexibility index (Phi) is 7.06. The Hall–Kier alpha value is -3.20. The number of hydrogen-bond donors (Lipinski definition) is 2. The second-order valence-electron chi connectivity index (χ2n) is 6.79. The van der Waals surface area contributed by atoms with Crippen LogP contribution in [0.25, 0.3) is 0 Å². The van der Waals surface area contributed by atoms with Gasteiger partial charge in [0, 0.05) is 12.7 Å². The van der Waals surface area contributed by atoms with E-state index in [1.807, 2.05) is 30.3 Å². The van der Waals surface area contributed by atoms with Crippen LogP contribution in [0.2, 0.25) is 0 Å². The molecule has 0 bridgehead atoms. The topological polar surface area (TPSA) is 97.3 Å². The molecule has 2 aromatic rings. The van der Waals surface area contributed by atoms with Gasteiger partial charge in [0.1, 0.15) is 19.0 Å². The molecule has 8 nitrogen and oxygen atoms in total. The second-order valence-corrected chi connectivity index (χ2v) is 7.65. The normalized spacial score (nSPS) is 16.1. The summed E-state index contributed by atoms with van der Waals surface area (Å²) < 4.78 is 16.6. The van der Waals surface area contributed by atoms with Crippen LogP contribution in [0.1, 0.15) is 18.5 Å². The molecule has 0 saturated heterocycles. The molecule has 9 heteroatoms. The Labute approximate surface area is 188 Å². The number of methoxy groups -OCH3 is 1. The predicted molar refractivity (Wildman–Crippen MR) is 117 cm³/mol. The predicted octanol–water partition coefficient (Wildman–Crippen LogP) is 3.76. The standard InChI is InChI=1S/C22H23BrN2O6/c1-13-18(21(27)31-10-9-30-15-7-5-4-6-8-15)19(24-22(28)25(13)2)14-11-16(23)20(26)17(12-14)29-3/h4-8,11-12,19,26H,9-10H2,1-3H3,(H,24,28)/t19-/m0/s1. The van der Waals surface area contributed by atoms with Gasteiger partial charge in [-0.15, -0.1) is 0 Å². The first kappa shape index (κ1) is 22.5. The average molecular weight is 491 g/mol. The molecule has 0 unspecified atom stereocenters. The lowest BCUT2D eigenvalue weighted by Crippen LogP contribution is -2.46. The fraction of sp³-hybridized carbons (Fsp3) is 0.273. The highest BCUT2D eigenvalue weighted by atomic mass is 79.9. The van der Waals surface area contributed by atoms with Crippen LogP contribution in [0.3, 0.4) is 0 Å². The molecule has 2 aromatic carbocycles. The summed E-state index contributed by atoms with van der Waals surface area (Å²) >= 11 is 3.27. The van der Waals surface area contributed by atoms with E-state index in [9.17, 15) is 14.7 Å². The maximum atomic E-state index is 13.0. The number of para-hydroxylation sites is 1. The van der Waals surface area contributed by atoms with Crippen molar-refractivity contribution in [3.05, 3.63) is 63.8 Å². The number of ether oxygens (including phenoxy) is 3. The number of phenolic OH excluding ortho intramolecular Hbond substituents is 1. The summed E-state index contributed by atoms with van der Waals surface area (Å²) in [5.74, 6) is 0.235. The van der Waals surface area contributed by atoms with Crippen LogP contribution in [0.15, 0.2) is 58.2 Å². The van der Waals surface area contributed by atoms with E-state index >= 15 is 0 Å². The molecule has 3 rings (SSSR count). The van der Waals surface area contributed by atoms with Gasteiger partial charge in [-0.2, -0.15) is 0 Å². The summed E-state index contributed by atoms with van der Waals surface area (Å²) in [6.07, 6.45) is 0. The minimum atomic E-state index is -0.781. The molecular weight excluding hydrogens is 468 g/mol. The van der Waals surface area contributed by atoms with E-state index in [4.69, 9.17) is 14.2 Å². The number of carbonyl (C=O) groups excluding carboxylic acids is 2. The molecule has 0 fully saturated rings. The lowest BCUT2D eigenvalue weighted by molar-refractivity contribution is -0.140. The molecule has 0 radical (unpaired) electrons. The number of carbonyl (C=O) groups is 2. The minimum Gasteiger partial charge on any atom is -0.503 e. The number of benzene rings is 2. The monoisotopic (exact) mass is 490 g/mol. The number of amides is 2. The van der Waals surface area contributed by atoms with Crippen molar-refractivity contribution in [3.8, 4) is 17.2 Å². The Morgan fingerprint density at radius 2 is 1.94 bits per heavy atom. The van der Waals surface area contributed by atoms with Crippen LogP contribution in [-0.4, -0.2) is 49.4 Å². The highest BCUT2D eigenvalue weighted by Crippen LogP contribution is 2.40. The van der Waals surface area contributed by atoms with E-state index in [1.165, 1.54) is 12.0 Å². The van der Waals surface area contributed by atoms with Crippen LogP contribution in [0.4, 0.5) is 4.79 Å². The largest absolute Gasteiger partial charge is 0.503 e. The summed E-state index contributed by atoms with van der Waals surface area (Å²) in [7, 11) is 2.99. The smallest absolute Gasteiger partial charge is 0.338 e. The van der Waals surface area contributed by atoms with Crippen LogP contribution in [-0.2, 0) is 9.53 Å². The lowest BCUT2D eigenvalue weighted by Gasteiger charge is -2.33. The third kappa shape index (κ3) is 4.93. The van der Waals surface area contributed by atoms with Crippen LogP contribution < -0.4 is 14.8 Å². The van der Waals surface area contributed by atoms with E-state index in [1.54, 1.807) is 26.1 Å². The van der Waals surface area contributed by atoms with Gasteiger partial charge in [0.2, 0.25) is 0 Å². The van der Waals surface area contributed by atoms with Gasteiger partial charge in [0.05, 0.1) is 23.2 Å². The molecule has 0 aliphatic carbocycles. The summed E-state index contributed by atoms with van der Waals surface area (Å²) in [5.41, 5.74) is 1.29. The fourth-order valence-electron chi connectivity index (χ4n) is 3.15. The summed E-state index contributed by atoms with van der Waals surface area (Å²) in [5, 5.41) is 12.9. The first-order chi connectivity index (χ1) is 14.8. The van der Waals surface area contributed by atoms with Gasteiger partial charge in [-0.3, -0.25) is 0 Å². The van der Waals surface area contributed by atoms with Crippen molar-refractivity contribution in [3.63, 3.8) is 0 Å². The molecule has 2 N–H and O–H groups in total. The van der Waals surface area contributed by atoms with Crippen molar-refractivity contribution in [1.29, 1.82) is 0 Å². The number of esters is 1. The van der Waals surface area contributed by atoms with Gasteiger partial charge in [-0.05, 0) is 52.7 Å². The summed E-state index contributed by atoms with van der Waals surface area (Å²) in [6.45, 7) is 1.90. The lowest BCUT2D eigenvalue weighted by atomic mass is 9.94. The molecular formula is C22H23BrN2O6. The van der Waals surface area contributed by atoms with Crippen LogP contribution in [0.5, 0.6) is 17.2 Å². The number of aromatic hydroxyl groups is 1. The Morgan fingerprint density at radius 3 is 2.61 bits per heavy atom. The quantitative estimate of drug-likeness (QED) is 0.453. The van der Waals surface area contributed by atoms with Crippen molar-refractivity contribution >= 4 is 27.9 Å². The van der Waals surface area contributed by atoms with Crippen molar-refractivity contribution < 1.29 is 28.9 Å². The summed E-state index contributed by atoms with van der Waals surface area (Å²) in [6, 6.07) is 11.2. The molecule has 1 aliphatic heterocycles. The molecule has 164 valence electrons. The van der Waals surface area contributed by atoms with Crippen molar-refractivity contribution in [1.82, 2.24) is 10.2 Å². The van der Waals surface area contributed by atoms with Gasteiger partial charge in [-0.1, -0.05) is 18.2 Å². The minimum absolute atomic E-state index is 0.0392.